The summed E-state index contributed by atoms with van der Waals surface area (Å²) in [7, 11) is 0. The lowest BCUT2D eigenvalue weighted by Gasteiger charge is -2.22. The van der Waals surface area contributed by atoms with E-state index >= 15 is 0 Å². The topological polar surface area (TPSA) is 32.3 Å². The van der Waals surface area contributed by atoms with Gasteiger partial charge in [0.15, 0.2) is 11.6 Å². The van der Waals surface area contributed by atoms with Gasteiger partial charge in [0.2, 0.25) is 0 Å². The highest BCUT2D eigenvalue weighted by molar-refractivity contribution is 5.20. The first-order valence-corrected chi connectivity index (χ1v) is 6.32. The van der Waals surface area contributed by atoms with Crippen molar-refractivity contribution >= 4 is 0 Å². The van der Waals surface area contributed by atoms with Crippen molar-refractivity contribution in [3.63, 3.8) is 0 Å². The van der Waals surface area contributed by atoms with E-state index < -0.39 is 17.7 Å². The molecule has 0 saturated heterocycles. The first-order chi connectivity index (χ1) is 8.45. The Kier molecular flexibility index (Phi) is 5.69. The Morgan fingerprint density at radius 1 is 1.22 bits per heavy atom. The fourth-order valence-electron chi connectivity index (χ4n) is 1.95. The van der Waals surface area contributed by atoms with Gasteiger partial charge in [0.1, 0.15) is 0 Å². The first-order valence-electron chi connectivity index (χ1n) is 6.32. The Morgan fingerprint density at radius 2 is 1.89 bits per heavy atom. The number of halogens is 2. The molecule has 102 valence electrons. The maximum atomic E-state index is 13.0. The van der Waals surface area contributed by atoms with Gasteiger partial charge in [0.05, 0.1) is 6.10 Å². The molecule has 2 N–H and O–H groups in total. The lowest BCUT2D eigenvalue weighted by Crippen LogP contribution is -2.36. The normalized spacial score (nSPS) is 14.8. The third-order valence-electron chi connectivity index (χ3n) is 3.15. The average molecular weight is 257 g/mol. The van der Waals surface area contributed by atoms with E-state index in [4.69, 9.17) is 0 Å². The van der Waals surface area contributed by atoms with Gasteiger partial charge in [-0.1, -0.05) is 26.8 Å². The number of hydrogen-bond acceptors (Lipinski definition) is 2. The minimum absolute atomic E-state index is 0.310. The van der Waals surface area contributed by atoms with Crippen LogP contribution in [0.5, 0.6) is 0 Å². The van der Waals surface area contributed by atoms with E-state index in [-0.39, 0.29) is 0 Å². The summed E-state index contributed by atoms with van der Waals surface area (Å²) < 4.78 is 25.8. The third-order valence-corrected chi connectivity index (χ3v) is 3.15. The fourth-order valence-corrected chi connectivity index (χ4v) is 1.95. The van der Waals surface area contributed by atoms with Crippen LogP contribution in [0, 0.1) is 17.6 Å². The average Bonchev–Trinajstić information content (AvgIpc) is 2.32. The van der Waals surface area contributed by atoms with Crippen molar-refractivity contribution in [2.75, 3.05) is 6.54 Å². The summed E-state index contributed by atoms with van der Waals surface area (Å²) in [5, 5.41) is 13.1. The van der Waals surface area contributed by atoms with Gasteiger partial charge in [0.25, 0.3) is 0 Å². The second kappa shape index (κ2) is 6.81. The van der Waals surface area contributed by atoms with Gasteiger partial charge in [-0.25, -0.2) is 8.78 Å². The molecule has 0 bridgehead atoms. The number of nitrogens with one attached hydrogen (secondary N) is 1. The maximum Gasteiger partial charge on any atom is 0.159 e. The van der Waals surface area contributed by atoms with E-state index in [1.165, 1.54) is 6.07 Å². The maximum absolute atomic E-state index is 13.0. The van der Waals surface area contributed by atoms with Crippen molar-refractivity contribution in [3.8, 4) is 0 Å². The summed E-state index contributed by atoms with van der Waals surface area (Å²) >= 11 is 0. The van der Waals surface area contributed by atoms with Crippen LogP contribution >= 0.6 is 0 Å². The molecule has 2 nitrogen and oxygen atoms in total. The van der Waals surface area contributed by atoms with Gasteiger partial charge < -0.3 is 10.4 Å². The number of aliphatic hydroxyl groups is 1. The minimum atomic E-state index is -0.928. The molecule has 0 radical (unpaired) electrons. The number of hydrogen-bond donors (Lipinski definition) is 2. The molecule has 18 heavy (non-hydrogen) atoms. The Hall–Kier alpha value is -1.00. The quantitative estimate of drug-likeness (QED) is 0.821. The summed E-state index contributed by atoms with van der Waals surface area (Å²) in [6.07, 6.45) is 0.134. The monoisotopic (exact) mass is 257 g/mol. The molecule has 1 rings (SSSR count). The van der Waals surface area contributed by atoms with E-state index in [0.29, 0.717) is 24.1 Å². The zero-order valence-electron chi connectivity index (χ0n) is 11.1. The standard InChI is InChI=1S/C14H21F2NO/c1-4-13(9(2)3)17-8-14(18)10-5-6-11(15)12(16)7-10/h5-7,9,13-14,17-18H,4,8H2,1-3H3. The highest BCUT2D eigenvalue weighted by Gasteiger charge is 2.15. The van der Waals surface area contributed by atoms with Gasteiger partial charge in [-0.2, -0.15) is 0 Å². The fraction of sp³-hybridized carbons (Fsp3) is 0.571. The van der Waals surface area contributed by atoms with Crippen LogP contribution in [0.2, 0.25) is 0 Å². The van der Waals surface area contributed by atoms with Crippen LogP contribution in [0.1, 0.15) is 38.9 Å². The zero-order chi connectivity index (χ0) is 13.7. The Labute approximate surface area is 107 Å². The van der Waals surface area contributed by atoms with Crippen molar-refractivity contribution < 1.29 is 13.9 Å². The lowest BCUT2D eigenvalue weighted by molar-refractivity contribution is 0.164. The molecule has 0 spiro atoms. The van der Waals surface area contributed by atoms with Gasteiger partial charge in [-0.3, -0.25) is 0 Å². The largest absolute Gasteiger partial charge is 0.387 e. The number of aliphatic hydroxyl groups excluding tert-OH is 1. The predicted molar refractivity (Wildman–Crippen MR) is 68.2 cm³/mol. The molecule has 0 aliphatic heterocycles. The molecule has 1 aromatic carbocycles. The molecule has 0 fully saturated rings. The molecule has 4 heteroatoms. The van der Waals surface area contributed by atoms with E-state index in [9.17, 15) is 13.9 Å². The smallest absolute Gasteiger partial charge is 0.159 e. The van der Waals surface area contributed by atoms with Crippen LogP contribution < -0.4 is 5.32 Å². The molecule has 0 amide bonds. The summed E-state index contributed by atoms with van der Waals surface area (Å²) in [4.78, 5) is 0. The minimum Gasteiger partial charge on any atom is -0.387 e. The molecule has 0 saturated carbocycles. The van der Waals surface area contributed by atoms with Crippen molar-refractivity contribution in [1.29, 1.82) is 0 Å². The summed E-state index contributed by atoms with van der Waals surface area (Å²) in [6, 6.07) is 3.79. The van der Waals surface area contributed by atoms with E-state index in [0.717, 1.165) is 18.6 Å². The van der Waals surface area contributed by atoms with E-state index in [1.54, 1.807) is 0 Å². The van der Waals surface area contributed by atoms with Crippen LogP contribution in [0.15, 0.2) is 18.2 Å². The molecule has 2 unspecified atom stereocenters. The zero-order valence-corrected chi connectivity index (χ0v) is 11.1. The van der Waals surface area contributed by atoms with Crippen LogP contribution in [0.4, 0.5) is 8.78 Å². The van der Waals surface area contributed by atoms with E-state index in [1.807, 2.05) is 0 Å². The van der Waals surface area contributed by atoms with E-state index in [2.05, 4.69) is 26.1 Å². The lowest BCUT2D eigenvalue weighted by atomic mass is 10.0. The second-order valence-electron chi connectivity index (χ2n) is 4.86. The summed E-state index contributed by atoms with van der Waals surface area (Å²) in [5.74, 6) is -1.36. The van der Waals surface area contributed by atoms with Crippen molar-refractivity contribution in [3.05, 3.63) is 35.4 Å². The molecule has 0 aliphatic carbocycles. The molecular formula is C14H21F2NO. The molecule has 0 aromatic heterocycles. The highest BCUT2D eigenvalue weighted by atomic mass is 19.2. The van der Waals surface area contributed by atoms with Crippen molar-refractivity contribution in [2.45, 2.75) is 39.3 Å². The molecule has 0 heterocycles. The molecular weight excluding hydrogens is 236 g/mol. The highest BCUT2D eigenvalue weighted by Crippen LogP contribution is 2.16. The third kappa shape index (κ3) is 4.03. The first kappa shape index (κ1) is 15.1. The van der Waals surface area contributed by atoms with Crippen molar-refractivity contribution in [1.82, 2.24) is 5.32 Å². The number of benzene rings is 1. The number of rotatable bonds is 6. The summed E-state index contributed by atoms with van der Waals surface area (Å²) in [5.41, 5.74) is 0.389. The Balaban J connectivity index is 2.59. The Bertz CT molecular complexity index is 382. The second-order valence-corrected chi connectivity index (χ2v) is 4.86. The molecule has 2 atom stereocenters. The van der Waals surface area contributed by atoms with Gasteiger partial charge >= 0.3 is 0 Å². The molecule has 0 aliphatic rings. The van der Waals surface area contributed by atoms with Gasteiger partial charge in [0, 0.05) is 12.6 Å². The van der Waals surface area contributed by atoms with Crippen LogP contribution in [0.3, 0.4) is 0 Å². The molecule has 1 aromatic rings. The van der Waals surface area contributed by atoms with Gasteiger partial charge in [-0.05, 0) is 30.0 Å². The Morgan fingerprint density at radius 3 is 2.39 bits per heavy atom. The van der Waals surface area contributed by atoms with Crippen molar-refractivity contribution in [2.24, 2.45) is 5.92 Å². The van der Waals surface area contributed by atoms with Crippen LogP contribution in [-0.4, -0.2) is 17.7 Å². The SMILES string of the molecule is CCC(NCC(O)c1ccc(F)c(F)c1)C(C)C. The predicted octanol–water partition coefficient (Wildman–Crippen LogP) is 3.02. The van der Waals surface area contributed by atoms with Crippen LogP contribution in [0.25, 0.3) is 0 Å². The van der Waals surface area contributed by atoms with Gasteiger partial charge in [-0.15, -0.1) is 0 Å². The summed E-state index contributed by atoms with van der Waals surface area (Å²) in [6.45, 7) is 6.61. The van der Waals surface area contributed by atoms with Crippen LogP contribution in [-0.2, 0) is 0 Å².